The van der Waals surface area contributed by atoms with E-state index in [1.807, 2.05) is 5.01 Å². The first-order valence-corrected chi connectivity index (χ1v) is 6.63. The van der Waals surface area contributed by atoms with Gasteiger partial charge in [0.2, 0.25) is 0 Å². The van der Waals surface area contributed by atoms with Gasteiger partial charge in [0.15, 0.2) is 0 Å². The van der Waals surface area contributed by atoms with Gasteiger partial charge in [-0.1, -0.05) is 0 Å². The minimum Gasteiger partial charge on any atom is -0.379 e. The van der Waals surface area contributed by atoms with Crippen LogP contribution in [0.3, 0.4) is 0 Å². The van der Waals surface area contributed by atoms with Crippen LogP contribution in [0.4, 0.5) is 0 Å². The highest BCUT2D eigenvalue weighted by atomic mass is 16.5. The third-order valence-electron chi connectivity index (χ3n) is 4.53. The summed E-state index contributed by atoms with van der Waals surface area (Å²) < 4.78 is 11.0. The highest BCUT2D eigenvalue weighted by molar-refractivity contribution is 6.05. The second-order valence-electron chi connectivity index (χ2n) is 5.40. The van der Waals surface area contributed by atoms with E-state index in [0.29, 0.717) is 26.3 Å². The lowest BCUT2D eigenvalue weighted by molar-refractivity contribution is -0.168. The molecule has 0 saturated carbocycles. The minimum absolute atomic E-state index is 0.0255. The molecular weight excluding hydrogens is 236 g/mol. The van der Waals surface area contributed by atoms with Crippen LogP contribution in [-0.4, -0.2) is 60.3 Å². The molecule has 4 fully saturated rings. The van der Waals surface area contributed by atoms with Crippen LogP contribution in [0.25, 0.3) is 0 Å². The van der Waals surface area contributed by atoms with Crippen LogP contribution in [0.5, 0.6) is 0 Å². The zero-order valence-electron chi connectivity index (χ0n) is 10.1. The molecule has 0 spiro atoms. The van der Waals surface area contributed by atoms with Gasteiger partial charge in [-0.05, 0) is 12.8 Å². The van der Waals surface area contributed by atoms with Gasteiger partial charge in [-0.25, -0.2) is 10.0 Å². The Morgan fingerprint density at radius 3 is 2.06 bits per heavy atom. The van der Waals surface area contributed by atoms with Crippen molar-refractivity contribution in [3.8, 4) is 0 Å². The smallest absolute Gasteiger partial charge is 0.250 e. The first kappa shape index (κ1) is 10.9. The van der Waals surface area contributed by atoms with Crippen molar-refractivity contribution in [2.45, 2.75) is 25.0 Å². The Kier molecular flexibility index (Phi) is 2.27. The molecule has 4 rings (SSSR count). The molecule has 4 saturated heterocycles. The topological polar surface area (TPSA) is 59.1 Å². The maximum Gasteiger partial charge on any atom is 0.250 e. The van der Waals surface area contributed by atoms with E-state index < -0.39 is 0 Å². The maximum absolute atomic E-state index is 12.4. The number of morpholine rings is 1. The molecule has 6 nitrogen and oxygen atoms in total. The summed E-state index contributed by atoms with van der Waals surface area (Å²) in [5.74, 6) is -0.559. The Bertz CT molecular complexity index is 379. The van der Waals surface area contributed by atoms with E-state index in [0.717, 1.165) is 12.8 Å². The lowest BCUT2D eigenvalue weighted by Gasteiger charge is -2.33. The highest BCUT2D eigenvalue weighted by Gasteiger charge is 2.63. The van der Waals surface area contributed by atoms with Gasteiger partial charge in [0.1, 0.15) is 0 Å². The molecule has 18 heavy (non-hydrogen) atoms. The second-order valence-corrected chi connectivity index (χ2v) is 5.40. The lowest BCUT2D eigenvalue weighted by atomic mass is 9.81. The van der Waals surface area contributed by atoms with E-state index in [1.54, 1.807) is 0 Å². The van der Waals surface area contributed by atoms with Crippen LogP contribution in [0, 0.1) is 11.8 Å². The largest absolute Gasteiger partial charge is 0.379 e. The molecule has 98 valence electrons. The van der Waals surface area contributed by atoms with Gasteiger partial charge in [-0.15, -0.1) is 0 Å². The highest BCUT2D eigenvalue weighted by Crippen LogP contribution is 2.48. The molecule has 0 aromatic rings. The van der Waals surface area contributed by atoms with Crippen LogP contribution >= 0.6 is 0 Å². The van der Waals surface area contributed by atoms with Crippen molar-refractivity contribution in [3.05, 3.63) is 0 Å². The molecule has 4 atom stereocenters. The number of hydrazine groups is 1. The summed E-state index contributed by atoms with van der Waals surface area (Å²) in [4.78, 5) is 24.9. The average molecular weight is 252 g/mol. The molecule has 6 heteroatoms. The Morgan fingerprint density at radius 2 is 1.50 bits per heavy atom. The fourth-order valence-corrected chi connectivity index (χ4v) is 3.73. The van der Waals surface area contributed by atoms with E-state index in [4.69, 9.17) is 9.47 Å². The molecule has 0 aromatic carbocycles. The molecule has 0 unspecified atom stereocenters. The zero-order valence-corrected chi connectivity index (χ0v) is 10.1. The number of carbonyl (C=O) groups is 2. The van der Waals surface area contributed by atoms with Crippen LogP contribution in [-0.2, 0) is 19.1 Å². The Morgan fingerprint density at radius 1 is 0.944 bits per heavy atom. The van der Waals surface area contributed by atoms with Crippen LogP contribution in [0.15, 0.2) is 0 Å². The quantitative estimate of drug-likeness (QED) is 0.583. The second kappa shape index (κ2) is 3.76. The van der Waals surface area contributed by atoms with Crippen LogP contribution in [0.1, 0.15) is 12.8 Å². The Labute approximate surface area is 105 Å². The molecule has 2 amide bonds. The average Bonchev–Trinajstić information content (AvgIpc) is 3.05. The Hall–Kier alpha value is -0.980. The molecule has 0 radical (unpaired) electrons. The zero-order chi connectivity index (χ0) is 12.3. The molecule has 0 aliphatic carbocycles. The molecule has 0 aromatic heterocycles. The number of ether oxygens (including phenoxy) is 2. The van der Waals surface area contributed by atoms with Crippen molar-refractivity contribution in [1.82, 2.24) is 10.0 Å². The van der Waals surface area contributed by atoms with Gasteiger partial charge in [-0.3, -0.25) is 9.59 Å². The van der Waals surface area contributed by atoms with E-state index >= 15 is 0 Å². The summed E-state index contributed by atoms with van der Waals surface area (Å²) in [6, 6.07) is 0. The normalized spacial score (nSPS) is 43.9. The van der Waals surface area contributed by atoms with Gasteiger partial charge in [0.25, 0.3) is 11.8 Å². The van der Waals surface area contributed by atoms with E-state index in [9.17, 15) is 9.59 Å². The van der Waals surface area contributed by atoms with Crippen LogP contribution in [0.2, 0.25) is 0 Å². The van der Waals surface area contributed by atoms with Gasteiger partial charge in [0, 0.05) is 13.1 Å². The van der Waals surface area contributed by atoms with E-state index in [2.05, 4.69) is 0 Å². The van der Waals surface area contributed by atoms with Gasteiger partial charge >= 0.3 is 0 Å². The third-order valence-corrected chi connectivity index (χ3v) is 4.53. The fourth-order valence-electron chi connectivity index (χ4n) is 3.73. The Balaban J connectivity index is 1.62. The first-order chi connectivity index (χ1) is 8.77. The van der Waals surface area contributed by atoms with Crippen molar-refractivity contribution in [3.63, 3.8) is 0 Å². The summed E-state index contributed by atoms with van der Waals surface area (Å²) in [7, 11) is 0. The van der Waals surface area contributed by atoms with Crippen molar-refractivity contribution in [2.24, 2.45) is 11.8 Å². The summed E-state index contributed by atoms with van der Waals surface area (Å²) in [5.41, 5.74) is 0. The summed E-state index contributed by atoms with van der Waals surface area (Å²) in [6.45, 7) is 2.39. The predicted octanol–water partition coefficient (Wildman–Crippen LogP) is -0.604. The molecule has 2 bridgehead atoms. The number of amides is 2. The molecular formula is C12H16N2O4. The molecule has 4 heterocycles. The summed E-state index contributed by atoms with van der Waals surface area (Å²) in [5, 5.41) is 3.22. The number of hydrogen-bond donors (Lipinski definition) is 0. The number of imide groups is 1. The van der Waals surface area contributed by atoms with Crippen LogP contribution < -0.4 is 0 Å². The summed E-state index contributed by atoms with van der Waals surface area (Å²) >= 11 is 0. The lowest BCUT2D eigenvalue weighted by Crippen LogP contribution is -2.52. The molecule has 0 N–H and O–H groups in total. The van der Waals surface area contributed by atoms with E-state index in [1.165, 1.54) is 5.01 Å². The van der Waals surface area contributed by atoms with Gasteiger partial charge in [0.05, 0.1) is 37.3 Å². The summed E-state index contributed by atoms with van der Waals surface area (Å²) in [6.07, 6.45) is 1.79. The van der Waals surface area contributed by atoms with Gasteiger partial charge in [-0.2, -0.15) is 0 Å². The number of rotatable bonds is 1. The predicted molar refractivity (Wildman–Crippen MR) is 59.1 cm³/mol. The van der Waals surface area contributed by atoms with E-state index in [-0.39, 0.29) is 35.9 Å². The number of nitrogens with zero attached hydrogens (tertiary/aromatic N) is 2. The monoisotopic (exact) mass is 252 g/mol. The molecule has 4 aliphatic heterocycles. The molecule has 4 aliphatic rings. The van der Waals surface area contributed by atoms with Crippen molar-refractivity contribution in [2.75, 3.05) is 26.3 Å². The SMILES string of the molecule is O=C1[C@@H]2[C@H](C(=O)N1N1CCOCC1)[C@H]1CC[C@@H]2O1. The number of carbonyl (C=O) groups excluding carboxylic acids is 2. The fraction of sp³-hybridized carbons (Fsp3) is 0.833. The number of fused-ring (bicyclic) bond motifs is 5. The van der Waals surface area contributed by atoms with Crippen molar-refractivity contribution in [1.29, 1.82) is 0 Å². The maximum atomic E-state index is 12.4. The number of hydrogen-bond acceptors (Lipinski definition) is 5. The first-order valence-electron chi connectivity index (χ1n) is 6.63. The third kappa shape index (κ3) is 1.28. The van der Waals surface area contributed by atoms with Crippen molar-refractivity contribution >= 4 is 11.8 Å². The standard InChI is InChI=1S/C12H16N2O4/c15-11-9-7-1-2-8(18-7)10(9)12(16)14(11)13-3-5-17-6-4-13/h7-10H,1-6H2/t7-,8+,9-,10+. The minimum atomic E-state index is -0.223. The van der Waals surface area contributed by atoms with Crippen molar-refractivity contribution < 1.29 is 19.1 Å². The van der Waals surface area contributed by atoms with Gasteiger partial charge < -0.3 is 9.47 Å².